The number of aliphatic hydroxyl groups is 1. The first-order chi connectivity index (χ1) is 7.10. The van der Waals surface area contributed by atoms with Crippen LogP contribution in [-0.2, 0) is 10.0 Å². The van der Waals surface area contributed by atoms with Crippen LogP contribution in [0.15, 0.2) is 0 Å². The Morgan fingerprint density at radius 3 is 2.47 bits per heavy atom. The fourth-order valence-corrected chi connectivity index (χ4v) is 3.22. The van der Waals surface area contributed by atoms with E-state index in [-0.39, 0.29) is 18.3 Å². The van der Waals surface area contributed by atoms with Crippen LogP contribution in [0.4, 0.5) is 0 Å². The first-order valence-corrected chi connectivity index (χ1v) is 6.94. The molecule has 15 heavy (non-hydrogen) atoms. The molecule has 0 spiro atoms. The summed E-state index contributed by atoms with van der Waals surface area (Å²) >= 11 is 0. The lowest BCUT2D eigenvalue weighted by Crippen LogP contribution is -2.41. The zero-order valence-corrected chi connectivity index (χ0v) is 9.96. The monoisotopic (exact) mass is 236 g/mol. The Labute approximate surface area is 91.5 Å². The van der Waals surface area contributed by atoms with Crippen molar-refractivity contribution in [2.75, 3.05) is 39.0 Å². The van der Waals surface area contributed by atoms with Gasteiger partial charge in [0.15, 0.2) is 0 Å². The maximum atomic E-state index is 11.8. The van der Waals surface area contributed by atoms with Crippen LogP contribution < -0.4 is 5.32 Å². The average Bonchev–Trinajstić information content (AvgIpc) is 2.26. The van der Waals surface area contributed by atoms with Gasteiger partial charge in [0.2, 0.25) is 10.0 Å². The summed E-state index contributed by atoms with van der Waals surface area (Å²) < 4.78 is 25.1. The standard InChI is InChI=1S/C9H20N2O3S/c1-10-4-7-15(13,14)11-5-2-9(8-12)3-6-11/h9-10,12H,2-8H2,1H3. The molecule has 0 bridgehead atoms. The summed E-state index contributed by atoms with van der Waals surface area (Å²) in [6.07, 6.45) is 1.55. The molecule has 5 nitrogen and oxygen atoms in total. The van der Waals surface area contributed by atoms with Crippen molar-refractivity contribution in [3.8, 4) is 0 Å². The number of hydrogen-bond acceptors (Lipinski definition) is 4. The van der Waals surface area contributed by atoms with Crippen molar-refractivity contribution in [3.63, 3.8) is 0 Å². The van der Waals surface area contributed by atoms with Crippen LogP contribution in [0.5, 0.6) is 0 Å². The lowest BCUT2D eigenvalue weighted by Gasteiger charge is -2.30. The number of nitrogens with zero attached hydrogens (tertiary/aromatic N) is 1. The van der Waals surface area contributed by atoms with Crippen LogP contribution in [0.3, 0.4) is 0 Å². The fourth-order valence-electron chi connectivity index (χ4n) is 1.73. The molecule has 0 amide bonds. The summed E-state index contributed by atoms with van der Waals surface area (Å²) in [7, 11) is -1.34. The van der Waals surface area contributed by atoms with E-state index in [1.54, 1.807) is 7.05 Å². The van der Waals surface area contributed by atoms with Crippen molar-refractivity contribution in [3.05, 3.63) is 0 Å². The Bertz CT molecular complexity index is 271. The number of nitrogens with one attached hydrogen (secondary N) is 1. The molecule has 2 N–H and O–H groups in total. The lowest BCUT2D eigenvalue weighted by molar-refractivity contribution is 0.170. The topological polar surface area (TPSA) is 69.6 Å². The molecule has 0 aliphatic carbocycles. The molecule has 0 aromatic carbocycles. The van der Waals surface area contributed by atoms with E-state index < -0.39 is 10.0 Å². The van der Waals surface area contributed by atoms with Crippen molar-refractivity contribution in [1.82, 2.24) is 9.62 Å². The number of hydrogen-bond donors (Lipinski definition) is 2. The molecule has 0 aromatic heterocycles. The molecule has 0 radical (unpaired) electrons. The van der Waals surface area contributed by atoms with E-state index in [9.17, 15) is 8.42 Å². The van der Waals surface area contributed by atoms with E-state index in [4.69, 9.17) is 5.11 Å². The molecule has 0 atom stereocenters. The van der Waals surface area contributed by atoms with Gasteiger partial charge in [0, 0.05) is 26.2 Å². The Morgan fingerprint density at radius 1 is 1.40 bits per heavy atom. The third-order valence-corrected chi connectivity index (χ3v) is 4.71. The molecule has 1 rings (SSSR count). The molecule has 1 fully saturated rings. The number of sulfonamides is 1. The third-order valence-electron chi connectivity index (χ3n) is 2.84. The van der Waals surface area contributed by atoms with E-state index in [1.165, 1.54) is 4.31 Å². The van der Waals surface area contributed by atoms with Gasteiger partial charge < -0.3 is 10.4 Å². The van der Waals surface area contributed by atoms with Gasteiger partial charge in [-0.3, -0.25) is 0 Å². The lowest BCUT2D eigenvalue weighted by atomic mass is 10.00. The molecule has 0 unspecified atom stereocenters. The van der Waals surface area contributed by atoms with E-state index in [2.05, 4.69) is 5.32 Å². The molecule has 1 heterocycles. The van der Waals surface area contributed by atoms with Crippen molar-refractivity contribution >= 4 is 10.0 Å². The maximum absolute atomic E-state index is 11.8. The fraction of sp³-hybridized carbons (Fsp3) is 1.00. The predicted molar refractivity (Wildman–Crippen MR) is 59.1 cm³/mol. The normalized spacial score (nSPS) is 20.7. The minimum absolute atomic E-state index is 0.160. The Balaban J connectivity index is 2.45. The van der Waals surface area contributed by atoms with Crippen LogP contribution in [0, 0.1) is 5.92 Å². The van der Waals surface area contributed by atoms with Crippen molar-refractivity contribution in [2.45, 2.75) is 12.8 Å². The highest BCUT2D eigenvalue weighted by molar-refractivity contribution is 7.89. The average molecular weight is 236 g/mol. The minimum atomic E-state index is -3.09. The maximum Gasteiger partial charge on any atom is 0.215 e. The first kappa shape index (κ1) is 12.9. The second-order valence-corrected chi connectivity index (χ2v) is 6.03. The first-order valence-electron chi connectivity index (χ1n) is 5.33. The second kappa shape index (κ2) is 5.79. The van der Waals surface area contributed by atoms with Gasteiger partial charge in [-0.25, -0.2) is 12.7 Å². The van der Waals surface area contributed by atoms with Crippen molar-refractivity contribution < 1.29 is 13.5 Å². The molecule has 0 saturated carbocycles. The molecular formula is C9H20N2O3S. The van der Waals surface area contributed by atoms with Crippen molar-refractivity contribution in [2.24, 2.45) is 5.92 Å². The molecule has 90 valence electrons. The zero-order valence-electron chi connectivity index (χ0n) is 9.15. The highest BCUT2D eigenvalue weighted by Crippen LogP contribution is 2.18. The Hall–Kier alpha value is -0.170. The molecule has 1 saturated heterocycles. The van der Waals surface area contributed by atoms with Gasteiger partial charge in [-0.2, -0.15) is 0 Å². The summed E-state index contributed by atoms with van der Waals surface area (Å²) in [6, 6.07) is 0. The van der Waals surface area contributed by atoms with Gasteiger partial charge in [-0.1, -0.05) is 0 Å². The van der Waals surface area contributed by atoms with Gasteiger partial charge in [-0.05, 0) is 25.8 Å². The van der Waals surface area contributed by atoms with Gasteiger partial charge in [0.05, 0.1) is 5.75 Å². The summed E-state index contributed by atoms with van der Waals surface area (Å²) in [5, 5.41) is 11.8. The summed E-state index contributed by atoms with van der Waals surface area (Å²) in [4.78, 5) is 0. The Morgan fingerprint density at radius 2 is 2.00 bits per heavy atom. The largest absolute Gasteiger partial charge is 0.396 e. The predicted octanol–water partition coefficient (Wildman–Crippen LogP) is -0.760. The van der Waals surface area contributed by atoms with E-state index in [0.717, 1.165) is 12.8 Å². The summed E-state index contributed by atoms with van der Waals surface area (Å²) in [6.45, 7) is 1.77. The molecule has 6 heteroatoms. The third kappa shape index (κ3) is 3.71. The van der Waals surface area contributed by atoms with Crippen molar-refractivity contribution in [1.29, 1.82) is 0 Å². The highest BCUT2D eigenvalue weighted by Gasteiger charge is 2.26. The van der Waals surface area contributed by atoms with Crippen LogP contribution in [0.1, 0.15) is 12.8 Å². The van der Waals surface area contributed by atoms with Gasteiger partial charge in [0.1, 0.15) is 0 Å². The van der Waals surface area contributed by atoms with Crippen LogP contribution >= 0.6 is 0 Å². The SMILES string of the molecule is CNCCS(=O)(=O)N1CCC(CO)CC1. The van der Waals surface area contributed by atoms with Gasteiger partial charge in [-0.15, -0.1) is 0 Å². The van der Waals surface area contributed by atoms with Crippen LogP contribution in [0.25, 0.3) is 0 Å². The summed E-state index contributed by atoms with van der Waals surface area (Å²) in [5.74, 6) is 0.438. The van der Waals surface area contributed by atoms with Crippen LogP contribution in [-0.4, -0.2) is 56.9 Å². The molecule has 1 aliphatic heterocycles. The smallest absolute Gasteiger partial charge is 0.215 e. The molecule has 0 aromatic rings. The van der Waals surface area contributed by atoms with E-state index in [1.807, 2.05) is 0 Å². The second-order valence-electron chi connectivity index (χ2n) is 3.94. The zero-order chi connectivity index (χ0) is 11.3. The highest BCUT2D eigenvalue weighted by atomic mass is 32.2. The van der Waals surface area contributed by atoms with Gasteiger partial charge >= 0.3 is 0 Å². The van der Waals surface area contributed by atoms with E-state index >= 15 is 0 Å². The van der Waals surface area contributed by atoms with Crippen LogP contribution in [0.2, 0.25) is 0 Å². The van der Waals surface area contributed by atoms with E-state index in [0.29, 0.717) is 19.6 Å². The number of aliphatic hydroxyl groups excluding tert-OH is 1. The Kier molecular flexibility index (Phi) is 4.98. The molecule has 1 aliphatic rings. The minimum Gasteiger partial charge on any atom is -0.396 e. The summed E-state index contributed by atoms with van der Waals surface area (Å²) in [5.41, 5.74) is 0. The number of rotatable bonds is 5. The molecular weight excluding hydrogens is 216 g/mol. The quantitative estimate of drug-likeness (QED) is 0.658. The number of piperidine rings is 1. The van der Waals surface area contributed by atoms with Gasteiger partial charge in [0.25, 0.3) is 0 Å².